The van der Waals surface area contributed by atoms with E-state index in [2.05, 4.69) is 0 Å². The fraction of sp³-hybridized carbons (Fsp3) is 1.00. The Labute approximate surface area is 266 Å². The fourth-order valence-electron chi connectivity index (χ4n) is 7.73. The zero-order valence-corrected chi connectivity index (χ0v) is 25.8. The van der Waals surface area contributed by atoms with Crippen molar-refractivity contribution in [3.05, 3.63) is 0 Å². The molecule has 17 heteroatoms. The number of ether oxygens (including phenoxy) is 7. The third-order valence-corrected chi connectivity index (χ3v) is 10.4. The van der Waals surface area contributed by atoms with Crippen LogP contribution in [0.2, 0.25) is 0 Å². The van der Waals surface area contributed by atoms with Gasteiger partial charge in [0.05, 0.1) is 55.9 Å². The van der Waals surface area contributed by atoms with Gasteiger partial charge >= 0.3 is 0 Å². The number of rotatable bonds is 9. The number of hydrogen-bond donors (Lipinski definition) is 10. The minimum absolute atomic E-state index is 0.0874. The molecule has 0 aromatic heterocycles. The second-order valence-corrected chi connectivity index (χ2v) is 13.2. The van der Waals surface area contributed by atoms with E-state index < -0.39 is 129 Å². The number of aliphatic hydroxyl groups is 10. The Morgan fingerprint density at radius 1 is 0.522 bits per heavy atom. The number of aliphatic hydroxyl groups excluding tert-OH is 10. The zero-order chi connectivity index (χ0) is 33.4. The summed E-state index contributed by atoms with van der Waals surface area (Å²) in [4.78, 5) is 0. The third-order valence-electron chi connectivity index (χ3n) is 10.4. The van der Waals surface area contributed by atoms with Crippen LogP contribution in [0.1, 0.15) is 32.1 Å². The van der Waals surface area contributed by atoms with Crippen LogP contribution in [-0.2, 0) is 33.2 Å². The summed E-state index contributed by atoms with van der Waals surface area (Å²) < 4.78 is 41.4. The first kappa shape index (κ1) is 36.6. The molecule has 10 N–H and O–H groups in total. The van der Waals surface area contributed by atoms with E-state index in [1.807, 2.05) is 0 Å². The quantitative estimate of drug-likeness (QED) is 0.110. The largest absolute Gasteiger partial charge is 0.394 e. The maximum atomic E-state index is 10.8. The highest BCUT2D eigenvalue weighted by atomic mass is 16.7. The van der Waals surface area contributed by atoms with Crippen molar-refractivity contribution >= 4 is 0 Å². The average molecular weight is 671 g/mol. The van der Waals surface area contributed by atoms with E-state index in [-0.39, 0.29) is 25.2 Å². The van der Waals surface area contributed by atoms with Crippen LogP contribution in [0.4, 0.5) is 0 Å². The van der Waals surface area contributed by atoms with Crippen LogP contribution in [0.15, 0.2) is 0 Å². The number of fused-ring (bicyclic) bond motifs is 1. The lowest BCUT2D eigenvalue weighted by Crippen LogP contribution is -2.63. The molecule has 3 aliphatic heterocycles. The van der Waals surface area contributed by atoms with Gasteiger partial charge in [-0.05, 0) is 31.6 Å². The maximum Gasteiger partial charge on any atom is 0.187 e. The summed E-state index contributed by atoms with van der Waals surface area (Å²) in [7, 11) is 2.95. The first-order valence-electron chi connectivity index (χ1n) is 15.9. The van der Waals surface area contributed by atoms with Gasteiger partial charge < -0.3 is 84.2 Å². The minimum Gasteiger partial charge on any atom is -0.394 e. The van der Waals surface area contributed by atoms with E-state index in [1.54, 1.807) is 0 Å². The van der Waals surface area contributed by atoms with Crippen molar-refractivity contribution in [1.29, 1.82) is 0 Å². The van der Waals surface area contributed by atoms with Crippen LogP contribution in [0.5, 0.6) is 0 Å². The number of hydrogen-bond acceptors (Lipinski definition) is 17. The van der Waals surface area contributed by atoms with Crippen LogP contribution in [0, 0.1) is 11.8 Å². The Kier molecular flexibility index (Phi) is 12.3. The van der Waals surface area contributed by atoms with Crippen LogP contribution in [-0.4, -0.2) is 189 Å². The van der Waals surface area contributed by atoms with Gasteiger partial charge in [0, 0.05) is 26.6 Å². The van der Waals surface area contributed by atoms with Gasteiger partial charge in [-0.3, -0.25) is 0 Å². The van der Waals surface area contributed by atoms with Crippen LogP contribution in [0.25, 0.3) is 0 Å². The first-order chi connectivity index (χ1) is 21.9. The van der Waals surface area contributed by atoms with Gasteiger partial charge in [0.25, 0.3) is 0 Å². The van der Waals surface area contributed by atoms with Crippen LogP contribution < -0.4 is 0 Å². The lowest BCUT2D eigenvalue weighted by molar-refractivity contribution is -0.345. The molecule has 8 unspecified atom stereocenters. The van der Waals surface area contributed by atoms with E-state index in [1.165, 1.54) is 14.2 Å². The molecule has 0 radical (unpaired) electrons. The third kappa shape index (κ3) is 7.27. The second kappa shape index (κ2) is 15.5. The molecule has 3 saturated heterocycles. The smallest absolute Gasteiger partial charge is 0.187 e. The highest BCUT2D eigenvalue weighted by Crippen LogP contribution is 2.45. The van der Waals surface area contributed by atoms with Crippen molar-refractivity contribution in [2.75, 3.05) is 27.4 Å². The molecule has 0 aromatic carbocycles. The zero-order valence-electron chi connectivity index (χ0n) is 25.8. The maximum absolute atomic E-state index is 10.8. The van der Waals surface area contributed by atoms with Gasteiger partial charge in [-0.25, -0.2) is 0 Å². The molecule has 0 bridgehead atoms. The molecule has 2 aliphatic carbocycles. The van der Waals surface area contributed by atoms with Gasteiger partial charge in [-0.2, -0.15) is 0 Å². The predicted octanol–water partition coefficient (Wildman–Crippen LogP) is -4.91. The Hall–Kier alpha value is -0.680. The molecule has 0 amide bonds. The van der Waals surface area contributed by atoms with E-state index in [9.17, 15) is 51.1 Å². The molecule has 5 fully saturated rings. The van der Waals surface area contributed by atoms with Crippen LogP contribution in [0.3, 0.4) is 0 Å². The molecule has 5 aliphatic rings. The minimum atomic E-state index is -1.68. The van der Waals surface area contributed by atoms with Gasteiger partial charge in [0.15, 0.2) is 12.6 Å². The summed E-state index contributed by atoms with van der Waals surface area (Å²) in [6.45, 7) is -1.30. The van der Waals surface area contributed by atoms with Gasteiger partial charge in [-0.1, -0.05) is 0 Å². The lowest BCUT2D eigenvalue weighted by Gasteiger charge is -2.53. The number of methoxy groups -OCH3 is 2. The SMILES string of the molecule is COC1CC(C2OC3CC(O)CC(O[C@H]4O[C@H](CO)[C@@H](O)[C@H](O)[C@H]4O)C3CC2O[C@@H]2O[C@@H](CO)[C@@H](O)[C@H](O)[C@H]2O)CC(OC)C1O. The molecule has 2 saturated carbocycles. The molecular weight excluding hydrogens is 620 g/mol. The summed E-state index contributed by atoms with van der Waals surface area (Å²) in [6, 6.07) is 0. The summed E-state index contributed by atoms with van der Waals surface area (Å²) >= 11 is 0. The standard InChI is InChI=1S/C29H50O17/c1-40-15-3-10(4-16(41-2)20(15)33)27-17(44-29-26(39)24(37)22(35)19(9-31)46-29)7-12-13(42-27)5-11(32)6-14(12)43-28-25(38)23(36)21(34)18(8-30)45-28/h10-39H,3-9H2,1-2H3/t10?,11?,12?,13?,14?,15?,16?,17?,18-,19+,20?,21-,22-,23+,24+,25-,26-,27?,28+,29-/m1/s1. The second-order valence-electron chi connectivity index (χ2n) is 13.2. The molecule has 18 atom stereocenters. The molecule has 5 rings (SSSR count). The summed E-state index contributed by atoms with van der Waals surface area (Å²) in [5.41, 5.74) is 0. The summed E-state index contributed by atoms with van der Waals surface area (Å²) in [6.07, 6.45) is -20.1. The monoisotopic (exact) mass is 670 g/mol. The Morgan fingerprint density at radius 3 is 1.50 bits per heavy atom. The van der Waals surface area contributed by atoms with Crippen molar-refractivity contribution in [2.45, 2.75) is 142 Å². The Morgan fingerprint density at radius 2 is 1.02 bits per heavy atom. The molecule has 0 aromatic rings. The van der Waals surface area contributed by atoms with Crippen molar-refractivity contribution in [1.82, 2.24) is 0 Å². The topological polar surface area (TPSA) is 267 Å². The van der Waals surface area contributed by atoms with E-state index >= 15 is 0 Å². The average Bonchev–Trinajstić information content (AvgIpc) is 3.05. The normalized spacial score (nSPS) is 53.5. The van der Waals surface area contributed by atoms with Crippen molar-refractivity contribution in [3.63, 3.8) is 0 Å². The molecule has 3 heterocycles. The van der Waals surface area contributed by atoms with Crippen molar-refractivity contribution < 1.29 is 84.2 Å². The van der Waals surface area contributed by atoms with Gasteiger partial charge in [-0.15, -0.1) is 0 Å². The lowest BCUT2D eigenvalue weighted by atomic mass is 9.72. The molecule has 46 heavy (non-hydrogen) atoms. The first-order valence-corrected chi connectivity index (χ1v) is 15.9. The Balaban J connectivity index is 1.41. The Bertz CT molecular complexity index is 945. The molecule has 0 spiro atoms. The van der Waals surface area contributed by atoms with Gasteiger partial charge in [0.1, 0.15) is 54.9 Å². The highest BCUT2D eigenvalue weighted by Gasteiger charge is 2.54. The van der Waals surface area contributed by atoms with E-state index in [4.69, 9.17) is 33.2 Å². The molecule has 268 valence electrons. The van der Waals surface area contributed by atoms with Crippen molar-refractivity contribution in [2.24, 2.45) is 11.8 Å². The van der Waals surface area contributed by atoms with E-state index in [0.29, 0.717) is 12.8 Å². The summed E-state index contributed by atoms with van der Waals surface area (Å²) in [5, 5.41) is 104. The van der Waals surface area contributed by atoms with Crippen molar-refractivity contribution in [3.8, 4) is 0 Å². The fourth-order valence-corrected chi connectivity index (χ4v) is 7.73. The highest BCUT2D eigenvalue weighted by molar-refractivity contribution is 5.01. The molecule has 17 nitrogen and oxygen atoms in total. The summed E-state index contributed by atoms with van der Waals surface area (Å²) in [5.74, 6) is -0.828. The van der Waals surface area contributed by atoms with Gasteiger partial charge in [0.2, 0.25) is 0 Å². The predicted molar refractivity (Wildman–Crippen MR) is 150 cm³/mol. The van der Waals surface area contributed by atoms with Crippen LogP contribution >= 0.6 is 0 Å². The molecular formula is C29H50O17. The van der Waals surface area contributed by atoms with E-state index in [0.717, 1.165) is 0 Å².